The maximum atomic E-state index is 12.2. The zero-order valence-corrected chi connectivity index (χ0v) is 12.9. The fourth-order valence-corrected chi connectivity index (χ4v) is 3.25. The summed E-state index contributed by atoms with van der Waals surface area (Å²) in [5, 5.41) is 4.95. The molecular weight excluding hydrogens is 282 g/mol. The number of hydrogen-bond donors (Lipinski definition) is 1. The van der Waals surface area contributed by atoms with Gasteiger partial charge in [0.05, 0.1) is 6.42 Å². The lowest BCUT2D eigenvalue weighted by Gasteiger charge is -2.08. The van der Waals surface area contributed by atoms with Crippen LogP contribution in [0.15, 0.2) is 36.0 Å². The van der Waals surface area contributed by atoms with E-state index in [9.17, 15) is 4.79 Å². The number of nitrogens with zero attached hydrogens (tertiary/aromatic N) is 2. The molecule has 0 aliphatic carbocycles. The first-order valence-electron chi connectivity index (χ1n) is 6.96. The van der Waals surface area contributed by atoms with Crippen molar-refractivity contribution < 1.29 is 4.79 Å². The number of nitrogens with one attached hydrogen (secondary N) is 1. The molecular formula is C16H17N3OS. The number of carbonyl (C=O) groups excluding carboxylic acids is 1. The topological polar surface area (TPSA) is 46.4 Å². The van der Waals surface area contributed by atoms with Crippen LogP contribution < -0.4 is 5.32 Å². The number of amides is 1. The third-order valence-electron chi connectivity index (χ3n) is 3.57. The minimum atomic E-state index is -0.00527. The zero-order valence-electron chi connectivity index (χ0n) is 12.1. The van der Waals surface area contributed by atoms with Crippen molar-refractivity contribution in [1.82, 2.24) is 9.38 Å². The van der Waals surface area contributed by atoms with Gasteiger partial charge in [0.15, 0.2) is 4.96 Å². The first kappa shape index (κ1) is 13.8. The normalized spacial score (nSPS) is 11.0. The van der Waals surface area contributed by atoms with Crippen LogP contribution in [0.4, 0.5) is 5.69 Å². The molecule has 0 radical (unpaired) electrons. The molecule has 2 heterocycles. The lowest BCUT2D eigenvalue weighted by molar-refractivity contribution is -0.115. The van der Waals surface area contributed by atoms with Crippen molar-refractivity contribution in [2.24, 2.45) is 0 Å². The van der Waals surface area contributed by atoms with E-state index in [0.29, 0.717) is 6.42 Å². The molecule has 0 saturated heterocycles. The van der Waals surface area contributed by atoms with Crippen LogP contribution in [0.1, 0.15) is 23.7 Å². The summed E-state index contributed by atoms with van der Waals surface area (Å²) in [7, 11) is 0. The molecule has 3 aromatic rings. The molecule has 0 aliphatic heterocycles. The summed E-state index contributed by atoms with van der Waals surface area (Å²) in [4.78, 5) is 17.3. The minimum Gasteiger partial charge on any atom is -0.326 e. The van der Waals surface area contributed by atoms with Crippen LogP contribution in [0.3, 0.4) is 0 Å². The van der Waals surface area contributed by atoms with Gasteiger partial charge < -0.3 is 5.32 Å². The molecule has 1 amide bonds. The van der Waals surface area contributed by atoms with Crippen molar-refractivity contribution in [2.75, 3.05) is 5.32 Å². The monoisotopic (exact) mass is 299 g/mol. The maximum absolute atomic E-state index is 12.2. The number of fused-ring (bicyclic) bond motifs is 1. The molecule has 1 N–H and O–H groups in total. The van der Waals surface area contributed by atoms with Gasteiger partial charge >= 0.3 is 0 Å². The molecule has 5 heteroatoms. The Morgan fingerprint density at radius 2 is 2.29 bits per heavy atom. The van der Waals surface area contributed by atoms with E-state index in [0.717, 1.165) is 22.8 Å². The van der Waals surface area contributed by atoms with E-state index in [1.807, 2.05) is 34.2 Å². The minimum absolute atomic E-state index is 0.00527. The number of carbonyl (C=O) groups is 1. The third kappa shape index (κ3) is 2.83. The van der Waals surface area contributed by atoms with Crippen molar-refractivity contribution in [3.05, 3.63) is 52.8 Å². The smallest absolute Gasteiger partial charge is 0.230 e. The Labute approximate surface area is 127 Å². The summed E-state index contributed by atoms with van der Waals surface area (Å²) in [6.07, 6.45) is 4.96. The third-order valence-corrected chi connectivity index (χ3v) is 4.47. The van der Waals surface area contributed by atoms with E-state index in [4.69, 9.17) is 0 Å². The van der Waals surface area contributed by atoms with Crippen LogP contribution in [0, 0.1) is 6.92 Å². The van der Waals surface area contributed by atoms with Crippen molar-refractivity contribution in [2.45, 2.75) is 26.7 Å². The molecule has 1 aromatic carbocycles. The second-order valence-corrected chi connectivity index (χ2v) is 5.86. The van der Waals surface area contributed by atoms with Gasteiger partial charge in [-0.2, -0.15) is 0 Å². The van der Waals surface area contributed by atoms with Crippen LogP contribution in [0.2, 0.25) is 0 Å². The van der Waals surface area contributed by atoms with Crippen molar-refractivity contribution in [1.29, 1.82) is 0 Å². The van der Waals surface area contributed by atoms with Gasteiger partial charge in [-0.15, -0.1) is 11.3 Å². The molecule has 0 unspecified atom stereocenters. The van der Waals surface area contributed by atoms with E-state index in [1.165, 1.54) is 11.1 Å². The Hall–Kier alpha value is -2.14. The Morgan fingerprint density at radius 1 is 1.43 bits per heavy atom. The molecule has 0 saturated carbocycles. The highest BCUT2D eigenvalue weighted by Gasteiger charge is 2.10. The first-order chi connectivity index (χ1) is 10.2. The zero-order chi connectivity index (χ0) is 14.8. The summed E-state index contributed by atoms with van der Waals surface area (Å²) in [6, 6.07) is 6.05. The van der Waals surface area contributed by atoms with Gasteiger partial charge in [-0.1, -0.05) is 13.0 Å². The van der Waals surface area contributed by atoms with Gasteiger partial charge in [0.1, 0.15) is 0 Å². The molecule has 108 valence electrons. The molecule has 21 heavy (non-hydrogen) atoms. The van der Waals surface area contributed by atoms with E-state index < -0.39 is 0 Å². The van der Waals surface area contributed by atoms with Crippen LogP contribution in [-0.2, 0) is 17.6 Å². The SMILES string of the molecule is CCc1cc(NC(=O)Cc2csc3nccn23)ccc1C. The number of imidazole rings is 1. The molecule has 2 aromatic heterocycles. The Morgan fingerprint density at radius 3 is 3.10 bits per heavy atom. The Balaban J connectivity index is 1.73. The second kappa shape index (κ2) is 5.69. The van der Waals surface area contributed by atoms with Crippen molar-refractivity contribution in [3.63, 3.8) is 0 Å². The number of benzene rings is 1. The number of anilines is 1. The van der Waals surface area contributed by atoms with Gasteiger partial charge in [0, 0.05) is 29.2 Å². The molecule has 0 fully saturated rings. The predicted octanol–water partition coefficient (Wildman–Crippen LogP) is 3.45. The summed E-state index contributed by atoms with van der Waals surface area (Å²) in [5.41, 5.74) is 4.35. The van der Waals surface area contributed by atoms with E-state index in [-0.39, 0.29) is 5.91 Å². The van der Waals surface area contributed by atoms with E-state index in [2.05, 4.69) is 24.1 Å². The highest BCUT2D eigenvalue weighted by Crippen LogP contribution is 2.18. The number of aryl methyl sites for hydroxylation is 2. The van der Waals surface area contributed by atoms with E-state index >= 15 is 0 Å². The summed E-state index contributed by atoms with van der Waals surface area (Å²) < 4.78 is 1.96. The maximum Gasteiger partial charge on any atom is 0.230 e. The van der Waals surface area contributed by atoms with Crippen LogP contribution in [0.5, 0.6) is 0 Å². The van der Waals surface area contributed by atoms with Gasteiger partial charge in [0.25, 0.3) is 0 Å². The lowest BCUT2D eigenvalue weighted by Crippen LogP contribution is -2.15. The number of hydrogen-bond acceptors (Lipinski definition) is 3. The standard InChI is InChI=1S/C16H17N3OS/c1-3-12-8-13(5-4-11(12)2)18-15(20)9-14-10-21-16-17-6-7-19(14)16/h4-8,10H,3,9H2,1-2H3,(H,18,20). The largest absolute Gasteiger partial charge is 0.326 e. The highest BCUT2D eigenvalue weighted by molar-refractivity contribution is 7.15. The fraction of sp³-hybridized carbons (Fsp3) is 0.250. The summed E-state index contributed by atoms with van der Waals surface area (Å²) in [5.74, 6) is -0.00527. The van der Waals surface area contributed by atoms with E-state index in [1.54, 1.807) is 17.5 Å². The molecule has 0 spiro atoms. The molecule has 0 aliphatic rings. The average molecular weight is 299 g/mol. The number of rotatable bonds is 4. The quantitative estimate of drug-likeness (QED) is 0.802. The second-order valence-electron chi connectivity index (χ2n) is 5.03. The number of aromatic nitrogens is 2. The van der Waals surface area contributed by atoms with Crippen molar-refractivity contribution in [3.8, 4) is 0 Å². The first-order valence-corrected chi connectivity index (χ1v) is 7.84. The van der Waals surface area contributed by atoms with Crippen LogP contribution in [-0.4, -0.2) is 15.3 Å². The van der Waals surface area contributed by atoms with Crippen molar-refractivity contribution >= 4 is 27.9 Å². The Kier molecular flexibility index (Phi) is 3.75. The number of thiazole rings is 1. The van der Waals surface area contributed by atoms with Gasteiger partial charge in [-0.25, -0.2) is 4.98 Å². The average Bonchev–Trinajstić information content (AvgIpc) is 3.06. The fourth-order valence-electron chi connectivity index (χ4n) is 2.40. The molecule has 0 bridgehead atoms. The molecule has 4 nitrogen and oxygen atoms in total. The van der Waals surface area contributed by atoms with Gasteiger partial charge in [-0.05, 0) is 36.6 Å². The predicted molar refractivity (Wildman–Crippen MR) is 86.0 cm³/mol. The van der Waals surface area contributed by atoms with Crippen LogP contribution in [0.25, 0.3) is 4.96 Å². The summed E-state index contributed by atoms with van der Waals surface area (Å²) in [6.45, 7) is 4.21. The van der Waals surface area contributed by atoms with Crippen LogP contribution >= 0.6 is 11.3 Å². The lowest BCUT2D eigenvalue weighted by atomic mass is 10.1. The Bertz CT molecular complexity index is 788. The van der Waals surface area contributed by atoms with Gasteiger partial charge in [0.2, 0.25) is 5.91 Å². The van der Waals surface area contributed by atoms with Gasteiger partial charge in [-0.3, -0.25) is 9.20 Å². The molecule has 0 atom stereocenters. The highest BCUT2D eigenvalue weighted by atomic mass is 32.1. The molecule has 3 rings (SSSR count). The summed E-state index contributed by atoms with van der Waals surface area (Å²) >= 11 is 1.55.